The second-order valence-electron chi connectivity index (χ2n) is 18.7. The molecule has 0 spiro atoms. The minimum absolute atomic E-state index is 0.197. The van der Waals surface area contributed by atoms with Crippen LogP contribution < -0.4 is 9.47 Å². The Morgan fingerprint density at radius 3 is 1.59 bits per heavy atom. The fourth-order valence-electron chi connectivity index (χ4n) is 9.61. The monoisotopic (exact) mass is 1100 g/mol. The van der Waals surface area contributed by atoms with Gasteiger partial charge in [-0.05, 0) is 174 Å². The minimum Gasteiger partial charge on any atom is -0.497 e. The van der Waals surface area contributed by atoms with Crippen LogP contribution in [-0.2, 0) is 22.3 Å². The third-order valence-corrected chi connectivity index (χ3v) is 14.1. The first kappa shape index (κ1) is 63.1. The molecule has 0 aliphatic heterocycles. The Labute approximate surface area is 482 Å². The van der Waals surface area contributed by atoms with Gasteiger partial charge in [0.25, 0.3) is 0 Å². The zero-order chi connectivity index (χ0) is 57.8. The Morgan fingerprint density at radius 1 is 0.588 bits per heavy atom. The predicted octanol–water partition coefficient (Wildman–Crippen LogP) is 19.0. The quantitative estimate of drug-likeness (QED) is 0.109. The van der Waals surface area contributed by atoms with E-state index in [2.05, 4.69) is 58.1 Å². The van der Waals surface area contributed by atoms with Crippen molar-refractivity contribution >= 4 is 23.1 Å². The second kappa shape index (κ2) is 33.6. The van der Waals surface area contributed by atoms with Crippen molar-refractivity contribution in [2.45, 2.75) is 145 Å². The molecule has 10 nitrogen and oxygen atoms in total. The number of nitrogens with zero attached hydrogens (tertiary/aromatic N) is 5. The zero-order valence-corrected chi connectivity index (χ0v) is 49.9. The van der Waals surface area contributed by atoms with Gasteiger partial charge in [0.1, 0.15) is 46.4 Å². The highest BCUT2D eigenvalue weighted by Gasteiger charge is 2.28. The summed E-state index contributed by atoms with van der Waals surface area (Å²) in [5.41, 5.74) is 10.5. The highest BCUT2D eigenvalue weighted by molar-refractivity contribution is 6.30. The molecule has 420 valence electrons. The maximum absolute atomic E-state index is 9.39. The number of oxazole rings is 1. The number of benzene rings is 3. The average molecular weight is 1100 g/mol. The first-order valence-electron chi connectivity index (χ1n) is 28.4. The van der Waals surface area contributed by atoms with Gasteiger partial charge in [-0.15, -0.1) is 0 Å². The number of aryl methyl sites for hydroxylation is 1. The number of halogens is 1. The van der Waals surface area contributed by atoms with Crippen molar-refractivity contribution in [3.63, 3.8) is 0 Å². The molecule has 0 saturated carbocycles. The lowest BCUT2D eigenvalue weighted by molar-refractivity contribution is 0.323. The van der Waals surface area contributed by atoms with Crippen molar-refractivity contribution in [3.05, 3.63) is 225 Å². The molecule has 4 aromatic heterocycles. The lowest BCUT2D eigenvalue weighted by atomic mass is 9.85. The van der Waals surface area contributed by atoms with Crippen molar-refractivity contribution in [1.82, 2.24) is 19.9 Å². The van der Waals surface area contributed by atoms with Crippen LogP contribution in [0.1, 0.15) is 177 Å². The predicted molar refractivity (Wildman–Crippen MR) is 327 cm³/mol. The first-order valence-corrected chi connectivity index (χ1v) is 28.8. The molecular formula is C69H82ClN5O5. The van der Waals surface area contributed by atoms with Crippen LogP contribution in [0.2, 0.25) is 5.02 Å². The summed E-state index contributed by atoms with van der Waals surface area (Å²) in [6.07, 6.45) is 18.1. The van der Waals surface area contributed by atoms with Gasteiger partial charge in [-0.3, -0.25) is 15.0 Å². The molecular weight excluding hydrogens is 1010 g/mol. The fourth-order valence-corrected chi connectivity index (χ4v) is 9.73. The number of rotatable bonds is 12. The Kier molecular flexibility index (Phi) is 26.5. The molecule has 0 N–H and O–H groups in total. The van der Waals surface area contributed by atoms with E-state index in [-0.39, 0.29) is 5.92 Å². The van der Waals surface area contributed by atoms with Gasteiger partial charge < -0.3 is 23.4 Å². The van der Waals surface area contributed by atoms with Crippen molar-refractivity contribution in [1.29, 1.82) is 5.26 Å². The Morgan fingerprint density at radius 2 is 1.09 bits per heavy atom. The third kappa shape index (κ3) is 17.6. The molecule has 0 radical (unpaired) electrons. The van der Waals surface area contributed by atoms with Crippen LogP contribution in [-0.4, -0.2) is 34.2 Å². The normalized spacial score (nSPS) is 16.5. The van der Waals surface area contributed by atoms with E-state index >= 15 is 0 Å². The Hall–Kier alpha value is -7.74. The maximum Gasteiger partial charge on any atom is 0.226 e. The Bertz CT molecular complexity index is 3160. The van der Waals surface area contributed by atoms with Gasteiger partial charge in [-0.25, -0.2) is 4.98 Å². The van der Waals surface area contributed by atoms with Gasteiger partial charge >= 0.3 is 0 Å². The van der Waals surface area contributed by atoms with Gasteiger partial charge in [-0.1, -0.05) is 89.5 Å². The van der Waals surface area contributed by atoms with Gasteiger partial charge in [-0.2, -0.15) is 5.26 Å². The number of fused-ring (bicyclic) bond motifs is 1. The number of methoxy groups -OCH3 is 2. The van der Waals surface area contributed by atoms with E-state index in [1.54, 1.807) is 20.4 Å². The number of aromatic nitrogens is 4. The van der Waals surface area contributed by atoms with Crippen molar-refractivity contribution < 1.29 is 23.4 Å². The molecule has 3 unspecified atom stereocenters. The lowest BCUT2D eigenvalue weighted by Gasteiger charge is -2.27. The van der Waals surface area contributed by atoms with E-state index in [1.165, 1.54) is 11.1 Å². The summed E-state index contributed by atoms with van der Waals surface area (Å²) in [5, 5.41) is 10.1. The van der Waals surface area contributed by atoms with Crippen molar-refractivity contribution in [2.75, 3.05) is 14.2 Å². The van der Waals surface area contributed by atoms with Gasteiger partial charge in [0.15, 0.2) is 0 Å². The molecule has 0 fully saturated rings. The van der Waals surface area contributed by atoms with Crippen LogP contribution >= 0.6 is 11.6 Å². The largest absolute Gasteiger partial charge is 0.497 e. The van der Waals surface area contributed by atoms with Crippen LogP contribution in [0, 0.1) is 11.3 Å². The number of hydrogen-bond acceptors (Lipinski definition) is 10. The molecule has 10 rings (SSSR count). The van der Waals surface area contributed by atoms with E-state index in [4.69, 9.17) is 35.0 Å². The first-order chi connectivity index (χ1) is 39.2. The number of pyridine rings is 3. The van der Waals surface area contributed by atoms with Gasteiger partial charge in [0.05, 0.1) is 31.2 Å². The molecule has 3 aromatic carbocycles. The number of allylic oxidation sites excluding steroid dienone is 6. The summed E-state index contributed by atoms with van der Waals surface area (Å²) in [6.45, 7) is 20.3. The molecule has 80 heavy (non-hydrogen) atoms. The molecule has 0 bridgehead atoms. The van der Waals surface area contributed by atoms with Gasteiger partial charge in [0.2, 0.25) is 5.89 Å². The minimum atomic E-state index is 0.197. The highest BCUT2D eigenvalue weighted by atomic mass is 35.5. The molecule has 4 heterocycles. The highest BCUT2D eigenvalue weighted by Crippen LogP contribution is 2.41. The fraction of sp³-hybridized carbons (Fsp3) is 0.348. The van der Waals surface area contributed by atoms with Crippen LogP contribution in [0.25, 0.3) is 23.0 Å². The van der Waals surface area contributed by atoms with Gasteiger partial charge in [0, 0.05) is 88.7 Å². The number of nitriles is 1. The van der Waals surface area contributed by atoms with E-state index < -0.39 is 0 Å². The van der Waals surface area contributed by atoms with Crippen LogP contribution in [0.5, 0.6) is 11.5 Å². The van der Waals surface area contributed by atoms with E-state index in [0.29, 0.717) is 23.3 Å². The zero-order valence-electron chi connectivity index (χ0n) is 49.2. The van der Waals surface area contributed by atoms with Crippen LogP contribution in [0.15, 0.2) is 179 Å². The number of hydrogen-bond donors (Lipinski definition) is 0. The third-order valence-electron chi connectivity index (χ3n) is 13.8. The standard InChI is InChI=1S/C23H24N2O2.C22H25NO2.C18H15ClN2O.3C2H6/c1-4-21(17-7-5-9-20(13-17)26-3)27-22-14-18(11-10-16(22)2)23-19(15-24)8-6-12-25-23;1-4-21(18-8-7-9-19(14-18)24-3)25-22-15-17(12-11-16(22)2)20-10-5-6-13-23-20;19-14-7-4-12(5-8-14)18-21-16-9-6-13(11-17(16)22-18)15-3-1-2-10-20-15;3*1-2/h4-9,12-13,18H,10-11,14H2,1-3H3;4-10,13-14,17H,11-12,15H2,1-3H3;1-5,7-8,10,13H,6,9,11H2;3*1-2H3/b2*21-4-;;;;. The summed E-state index contributed by atoms with van der Waals surface area (Å²) in [5.74, 6) is 8.06. The van der Waals surface area contributed by atoms with E-state index in [0.717, 1.165) is 143 Å². The summed E-state index contributed by atoms with van der Waals surface area (Å²) in [7, 11) is 3.34. The molecule has 0 saturated heterocycles. The molecule has 11 heteroatoms. The molecule has 3 atom stereocenters. The summed E-state index contributed by atoms with van der Waals surface area (Å²) >= 11 is 5.93. The summed E-state index contributed by atoms with van der Waals surface area (Å²) in [4.78, 5) is 18.1. The molecule has 7 aromatic rings. The van der Waals surface area contributed by atoms with Crippen LogP contribution in [0.3, 0.4) is 0 Å². The number of ether oxygens (including phenoxy) is 4. The SMILES string of the molecule is C/C=C(\OC1=C(C)CCC(c2ccccn2)C1)c1cccc(OC)c1.C/C=C(\OC1=C(C)CCC(c2ncccc2C#N)C1)c1cccc(OC)c1.CC.CC.CC.Clc1ccc(-c2nc3c(o2)CC(c2ccccn2)CC3)cc1. The molecule has 3 aliphatic carbocycles. The smallest absolute Gasteiger partial charge is 0.226 e. The van der Waals surface area contributed by atoms with Crippen LogP contribution in [0.4, 0.5) is 0 Å². The van der Waals surface area contributed by atoms with E-state index in [1.807, 2.05) is 183 Å². The molecule has 3 aliphatic rings. The average Bonchev–Trinajstić information content (AvgIpc) is 3.99. The topological polar surface area (TPSA) is 125 Å². The second-order valence-corrected chi connectivity index (χ2v) is 19.1. The van der Waals surface area contributed by atoms with Crippen molar-refractivity contribution in [3.8, 4) is 29.0 Å². The lowest BCUT2D eigenvalue weighted by Crippen LogP contribution is -2.13. The maximum atomic E-state index is 9.39. The van der Waals surface area contributed by atoms with Crippen molar-refractivity contribution in [2.24, 2.45) is 0 Å². The summed E-state index contributed by atoms with van der Waals surface area (Å²) in [6, 6.07) is 41.6. The Balaban J connectivity index is 0.000000211. The molecule has 0 amide bonds. The van der Waals surface area contributed by atoms with E-state index in [9.17, 15) is 5.26 Å². The summed E-state index contributed by atoms with van der Waals surface area (Å²) < 4.78 is 29.3.